The number of rotatable bonds is 10. The molecular weight excluding hydrogens is 493 g/mol. The first kappa shape index (κ1) is 27.6. The van der Waals surface area contributed by atoms with E-state index >= 15 is 0 Å². The Labute approximate surface area is 231 Å². The molecule has 210 valence electrons. The highest BCUT2D eigenvalue weighted by molar-refractivity contribution is 5.81. The molecule has 2 saturated heterocycles. The summed E-state index contributed by atoms with van der Waals surface area (Å²) in [6.45, 7) is 12.0. The molecule has 0 aliphatic carbocycles. The highest BCUT2D eigenvalue weighted by atomic mass is 19.1. The summed E-state index contributed by atoms with van der Waals surface area (Å²) < 4.78 is 21.2. The number of morpholine rings is 1. The van der Waals surface area contributed by atoms with Gasteiger partial charge in [0.05, 0.1) is 18.7 Å². The fraction of sp³-hybridized carbons (Fsp3) is 0.548. The molecule has 7 nitrogen and oxygen atoms in total. The molecule has 4 heterocycles. The molecular formula is C31H42FN5O2. The third kappa shape index (κ3) is 7.17. The lowest BCUT2D eigenvalue weighted by atomic mass is 9.92. The lowest BCUT2D eigenvalue weighted by Crippen LogP contribution is -2.37. The normalized spacial score (nSPS) is 17.3. The van der Waals surface area contributed by atoms with Crippen molar-refractivity contribution in [3.05, 3.63) is 58.8 Å². The van der Waals surface area contributed by atoms with Crippen LogP contribution in [0, 0.1) is 17.7 Å². The number of piperidine rings is 1. The van der Waals surface area contributed by atoms with Crippen LogP contribution < -0.4 is 15.8 Å². The number of hydrogen-bond donors (Lipinski definition) is 1. The Morgan fingerprint density at radius 3 is 2.51 bits per heavy atom. The van der Waals surface area contributed by atoms with Crippen LogP contribution in [0.4, 0.5) is 21.6 Å². The van der Waals surface area contributed by atoms with E-state index < -0.39 is 11.4 Å². The molecule has 0 spiro atoms. The monoisotopic (exact) mass is 535 g/mol. The summed E-state index contributed by atoms with van der Waals surface area (Å²) in [5.74, 6) is 1.15. The van der Waals surface area contributed by atoms with Crippen molar-refractivity contribution in [3.63, 3.8) is 0 Å². The van der Waals surface area contributed by atoms with Gasteiger partial charge in [-0.15, -0.1) is 0 Å². The Kier molecular flexibility index (Phi) is 9.14. The molecule has 5 rings (SSSR count). The molecule has 0 atom stereocenters. The Hall–Kier alpha value is -2.97. The Bertz CT molecular complexity index is 1280. The summed E-state index contributed by atoms with van der Waals surface area (Å²) >= 11 is 0. The number of halogens is 1. The minimum absolute atomic E-state index is 0.416. The number of anilines is 3. The second kappa shape index (κ2) is 12.9. The van der Waals surface area contributed by atoms with E-state index in [0.717, 1.165) is 57.4 Å². The molecule has 1 N–H and O–H groups in total. The quantitative estimate of drug-likeness (QED) is 0.362. The highest BCUT2D eigenvalue weighted by Crippen LogP contribution is 2.28. The van der Waals surface area contributed by atoms with Crippen molar-refractivity contribution in [2.45, 2.75) is 52.5 Å². The molecule has 2 aliphatic rings. The average Bonchev–Trinajstić information content (AvgIpc) is 2.95. The van der Waals surface area contributed by atoms with Gasteiger partial charge in [0.25, 0.3) is 5.56 Å². The topological polar surface area (TPSA) is 62.6 Å². The smallest absolute Gasteiger partial charge is 0.287 e. The number of nitrogens with one attached hydrogen (secondary N) is 1. The SMILES string of the molecule is CC(C)CCn1c(=O)c(F)cc2cnc(Nc3ccc(N4CCC(CCCN5CCOCC5)CC4)cc3)cc21. The van der Waals surface area contributed by atoms with Crippen molar-refractivity contribution in [1.82, 2.24) is 14.5 Å². The second-order valence-electron chi connectivity index (χ2n) is 11.5. The van der Waals surface area contributed by atoms with Crippen LogP contribution in [-0.4, -0.2) is 60.4 Å². The van der Waals surface area contributed by atoms with Crippen LogP contribution in [0.3, 0.4) is 0 Å². The third-order valence-electron chi connectivity index (χ3n) is 8.17. The van der Waals surface area contributed by atoms with Crippen LogP contribution in [0.1, 0.15) is 46.0 Å². The van der Waals surface area contributed by atoms with Crippen LogP contribution in [0.5, 0.6) is 0 Å². The van der Waals surface area contributed by atoms with Gasteiger partial charge in [-0.05, 0) is 80.8 Å². The summed E-state index contributed by atoms with van der Waals surface area (Å²) in [5.41, 5.74) is 2.30. The van der Waals surface area contributed by atoms with Gasteiger partial charge in [-0.2, -0.15) is 0 Å². The molecule has 3 aromatic rings. The molecule has 2 fully saturated rings. The number of fused-ring (bicyclic) bond motifs is 1. The van der Waals surface area contributed by atoms with E-state index in [1.54, 1.807) is 6.20 Å². The molecule has 0 unspecified atom stereocenters. The number of benzene rings is 1. The average molecular weight is 536 g/mol. The molecule has 0 radical (unpaired) electrons. The molecule has 0 bridgehead atoms. The van der Waals surface area contributed by atoms with Gasteiger partial charge in [-0.3, -0.25) is 9.69 Å². The Morgan fingerprint density at radius 1 is 1.05 bits per heavy atom. The van der Waals surface area contributed by atoms with E-state index in [1.165, 1.54) is 48.5 Å². The van der Waals surface area contributed by atoms with Gasteiger partial charge in [-0.1, -0.05) is 13.8 Å². The van der Waals surface area contributed by atoms with E-state index in [2.05, 4.69) is 58.2 Å². The number of aromatic nitrogens is 2. The van der Waals surface area contributed by atoms with Crippen molar-refractivity contribution in [2.24, 2.45) is 11.8 Å². The summed E-state index contributed by atoms with van der Waals surface area (Å²) in [6, 6.07) is 11.6. The minimum atomic E-state index is -0.735. The summed E-state index contributed by atoms with van der Waals surface area (Å²) in [5, 5.41) is 3.99. The van der Waals surface area contributed by atoms with Crippen molar-refractivity contribution >= 4 is 28.1 Å². The zero-order valence-electron chi connectivity index (χ0n) is 23.4. The van der Waals surface area contributed by atoms with Gasteiger partial charge >= 0.3 is 0 Å². The Balaban J connectivity index is 1.16. The van der Waals surface area contributed by atoms with Crippen molar-refractivity contribution < 1.29 is 9.13 Å². The van der Waals surface area contributed by atoms with Crippen molar-refractivity contribution in [3.8, 4) is 0 Å². The fourth-order valence-corrected chi connectivity index (χ4v) is 5.73. The standard InChI is InChI=1S/C31H42FN5O2/c1-23(2)9-15-37-29-21-30(33-22-25(29)20-28(32)31(37)38)34-26-5-7-27(8-6-26)36-13-10-24(11-14-36)4-3-12-35-16-18-39-19-17-35/h5-8,20-24H,3-4,9-19H2,1-2H3,(H,33,34). The molecule has 0 saturated carbocycles. The van der Waals surface area contributed by atoms with Gasteiger partial charge in [0, 0.05) is 61.7 Å². The lowest BCUT2D eigenvalue weighted by Gasteiger charge is -2.34. The van der Waals surface area contributed by atoms with E-state index in [4.69, 9.17) is 4.74 Å². The fourth-order valence-electron chi connectivity index (χ4n) is 5.73. The zero-order valence-corrected chi connectivity index (χ0v) is 23.4. The predicted molar refractivity (Wildman–Crippen MR) is 157 cm³/mol. The van der Waals surface area contributed by atoms with Gasteiger partial charge in [0.2, 0.25) is 0 Å². The number of aryl methyl sites for hydroxylation is 1. The van der Waals surface area contributed by atoms with E-state index in [0.29, 0.717) is 29.2 Å². The van der Waals surface area contributed by atoms with Gasteiger partial charge in [0.15, 0.2) is 5.82 Å². The minimum Gasteiger partial charge on any atom is -0.379 e. The molecule has 8 heteroatoms. The number of nitrogens with zero attached hydrogens (tertiary/aromatic N) is 4. The highest BCUT2D eigenvalue weighted by Gasteiger charge is 2.20. The summed E-state index contributed by atoms with van der Waals surface area (Å²) in [6.07, 6.45) is 7.55. The number of hydrogen-bond acceptors (Lipinski definition) is 6. The molecule has 0 amide bonds. The van der Waals surface area contributed by atoms with Crippen LogP contribution in [0.25, 0.3) is 10.9 Å². The first-order chi connectivity index (χ1) is 19.0. The number of ether oxygens (including phenoxy) is 1. The van der Waals surface area contributed by atoms with Crippen LogP contribution in [0.2, 0.25) is 0 Å². The zero-order chi connectivity index (χ0) is 27.2. The first-order valence-corrected chi connectivity index (χ1v) is 14.6. The van der Waals surface area contributed by atoms with Crippen molar-refractivity contribution in [2.75, 3.05) is 56.2 Å². The number of pyridine rings is 2. The lowest BCUT2D eigenvalue weighted by molar-refractivity contribution is 0.0365. The first-order valence-electron chi connectivity index (χ1n) is 14.6. The molecule has 2 aromatic heterocycles. The van der Waals surface area contributed by atoms with E-state index in [1.807, 2.05) is 6.07 Å². The van der Waals surface area contributed by atoms with Gasteiger partial charge in [0.1, 0.15) is 5.82 Å². The predicted octanol–water partition coefficient (Wildman–Crippen LogP) is 5.65. The van der Waals surface area contributed by atoms with Crippen LogP contribution in [0.15, 0.2) is 47.4 Å². The maximum Gasteiger partial charge on any atom is 0.287 e. The van der Waals surface area contributed by atoms with E-state index in [9.17, 15) is 9.18 Å². The van der Waals surface area contributed by atoms with Gasteiger partial charge in [-0.25, -0.2) is 9.37 Å². The van der Waals surface area contributed by atoms with Gasteiger partial charge < -0.3 is 19.5 Å². The van der Waals surface area contributed by atoms with Crippen LogP contribution >= 0.6 is 0 Å². The maximum absolute atomic E-state index is 14.2. The molecule has 39 heavy (non-hydrogen) atoms. The molecule has 1 aromatic carbocycles. The molecule has 2 aliphatic heterocycles. The maximum atomic E-state index is 14.2. The summed E-state index contributed by atoms with van der Waals surface area (Å²) in [7, 11) is 0. The Morgan fingerprint density at radius 2 is 1.79 bits per heavy atom. The third-order valence-corrected chi connectivity index (χ3v) is 8.17. The second-order valence-corrected chi connectivity index (χ2v) is 11.5. The summed E-state index contributed by atoms with van der Waals surface area (Å²) in [4.78, 5) is 22.0. The van der Waals surface area contributed by atoms with Crippen molar-refractivity contribution in [1.29, 1.82) is 0 Å². The van der Waals surface area contributed by atoms with Crippen LogP contribution in [-0.2, 0) is 11.3 Å². The van der Waals surface area contributed by atoms with E-state index in [-0.39, 0.29) is 0 Å². The largest absolute Gasteiger partial charge is 0.379 e.